The van der Waals surface area contributed by atoms with E-state index in [1.165, 1.54) is 0 Å². The molecule has 0 heterocycles. The van der Waals surface area contributed by atoms with Crippen LogP contribution < -0.4 is 5.32 Å². The van der Waals surface area contributed by atoms with E-state index < -0.39 is 29.9 Å². The lowest BCUT2D eigenvalue weighted by Crippen LogP contribution is -2.39. The van der Waals surface area contributed by atoms with Crippen LogP contribution in [-0.2, 0) is 18.3 Å². The van der Waals surface area contributed by atoms with E-state index in [1.807, 2.05) is 0 Å². The van der Waals surface area contributed by atoms with Crippen molar-refractivity contribution in [1.82, 2.24) is 5.32 Å². The molecule has 1 atom stereocenters. The third kappa shape index (κ3) is 8.81. The average molecular weight is 461 g/mol. The van der Waals surface area contributed by atoms with Crippen molar-refractivity contribution in [3.05, 3.63) is 35.9 Å². The lowest BCUT2D eigenvalue weighted by molar-refractivity contribution is 0.0965. The summed E-state index contributed by atoms with van der Waals surface area (Å²) in [5.74, 6) is -1.63. The van der Waals surface area contributed by atoms with Gasteiger partial charge in [-0.25, -0.2) is 4.79 Å². The van der Waals surface area contributed by atoms with Crippen LogP contribution in [0.4, 0.5) is 4.79 Å². The van der Waals surface area contributed by atoms with Crippen molar-refractivity contribution in [3.63, 3.8) is 0 Å². The summed E-state index contributed by atoms with van der Waals surface area (Å²) < 4.78 is 26.5. The van der Waals surface area contributed by atoms with Crippen LogP contribution in [0.5, 0.6) is 0 Å². The molecule has 1 N–H and O–H groups in total. The van der Waals surface area contributed by atoms with Crippen LogP contribution in [0.1, 0.15) is 30.6 Å². The Balaban J connectivity index is 2.99. The van der Waals surface area contributed by atoms with Crippen molar-refractivity contribution in [2.75, 3.05) is 19.8 Å². The van der Waals surface area contributed by atoms with Crippen LogP contribution in [0.15, 0.2) is 30.3 Å². The third-order valence-corrected chi connectivity index (χ3v) is 5.76. The number of alkyl carbamates (subject to hydrolysis) is 1. The van der Waals surface area contributed by atoms with Gasteiger partial charge < -0.3 is 19.1 Å². The molecule has 0 radical (unpaired) electrons. The fraction of sp³-hybridized carbons (Fsp3) is 0.500. The molecule has 1 aromatic carbocycles. The Kier molecular flexibility index (Phi) is 10.1. The molecule has 152 valence electrons. The number of carbonyl (C=O) groups excluding carboxylic acids is 2. The van der Waals surface area contributed by atoms with Crippen LogP contribution >= 0.6 is 42.4 Å². The first-order chi connectivity index (χ1) is 12.6. The molecule has 0 unspecified atom stereocenters. The zero-order valence-electron chi connectivity index (χ0n) is 14.8. The first-order valence-corrected chi connectivity index (χ1v) is 10.8. The Hall–Kier alpha value is -0.820. The second-order valence-corrected chi connectivity index (χ2v) is 9.96. The van der Waals surface area contributed by atoms with Gasteiger partial charge in [0, 0.05) is 12.0 Å². The van der Waals surface area contributed by atoms with E-state index in [2.05, 4.69) is 5.32 Å². The monoisotopic (exact) mass is 459 g/mol. The van der Waals surface area contributed by atoms with Gasteiger partial charge in [0.2, 0.25) is 3.79 Å². The normalized spacial score (nSPS) is 13.1. The van der Waals surface area contributed by atoms with Crippen molar-refractivity contribution >= 4 is 54.3 Å². The SMILES string of the molecule is CCOP(=O)(OCC)[C@@H](CC(=O)c1ccccc1)NC(=O)OCC(Cl)(Cl)Cl. The van der Waals surface area contributed by atoms with E-state index in [0.717, 1.165) is 0 Å². The van der Waals surface area contributed by atoms with E-state index in [9.17, 15) is 14.2 Å². The maximum atomic E-state index is 13.1. The number of rotatable bonds is 10. The molecule has 0 aliphatic carbocycles. The highest BCUT2D eigenvalue weighted by atomic mass is 35.6. The number of carbonyl (C=O) groups is 2. The minimum Gasteiger partial charge on any atom is -0.445 e. The van der Waals surface area contributed by atoms with E-state index in [0.29, 0.717) is 5.56 Å². The number of ketones is 1. The van der Waals surface area contributed by atoms with E-state index >= 15 is 0 Å². The summed E-state index contributed by atoms with van der Waals surface area (Å²) in [6, 6.07) is 8.34. The fourth-order valence-electron chi connectivity index (χ4n) is 2.06. The van der Waals surface area contributed by atoms with Gasteiger partial charge in [-0.1, -0.05) is 65.1 Å². The van der Waals surface area contributed by atoms with Gasteiger partial charge in [-0.15, -0.1) is 0 Å². The molecule has 11 heteroatoms. The van der Waals surface area contributed by atoms with E-state index in [4.69, 9.17) is 48.6 Å². The van der Waals surface area contributed by atoms with Crippen molar-refractivity contribution in [1.29, 1.82) is 0 Å². The molecule has 0 aliphatic heterocycles. The van der Waals surface area contributed by atoms with Crippen LogP contribution in [0, 0.1) is 0 Å². The maximum absolute atomic E-state index is 13.1. The minimum absolute atomic E-state index is 0.0538. The zero-order valence-corrected chi connectivity index (χ0v) is 18.0. The zero-order chi connectivity index (χ0) is 20.5. The first kappa shape index (κ1) is 24.2. The first-order valence-electron chi connectivity index (χ1n) is 8.08. The quantitative estimate of drug-likeness (QED) is 0.302. The van der Waals surface area contributed by atoms with Gasteiger partial charge in [-0.05, 0) is 13.8 Å². The van der Waals surface area contributed by atoms with Gasteiger partial charge in [0.25, 0.3) is 0 Å². The fourth-order valence-corrected chi connectivity index (χ4v) is 4.03. The number of amides is 1. The Labute approximate surface area is 173 Å². The number of alkyl halides is 3. The largest absolute Gasteiger partial charge is 0.445 e. The Morgan fingerprint density at radius 1 is 1.11 bits per heavy atom. The number of nitrogens with one attached hydrogen (secondary N) is 1. The minimum atomic E-state index is -3.85. The third-order valence-electron chi connectivity index (χ3n) is 3.13. The van der Waals surface area contributed by atoms with Crippen LogP contribution in [0.25, 0.3) is 0 Å². The van der Waals surface area contributed by atoms with Gasteiger partial charge in [0.1, 0.15) is 12.4 Å². The molecule has 7 nitrogen and oxygen atoms in total. The number of Topliss-reactive ketones (excluding diaryl/α,β-unsaturated/α-hetero) is 1. The highest BCUT2D eigenvalue weighted by Gasteiger charge is 2.39. The number of hydrogen-bond acceptors (Lipinski definition) is 6. The molecule has 1 rings (SSSR count). The summed E-state index contributed by atoms with van der Waals surface area (Å²) in [7, 11) is -3.85. The molecule has 27 heavy (non-hydrogen) atoms. The highest BCUT2D eigenvalue weighted by molar-refractivity contribution is 7.54. The molecule has 0 spiro atoms. The number of halogens is 3. The average Bonchev–Trinajstić information content (AvgIpc) is 2.60. The molecule has 0 aliphatic rings. The Bertz CT molecular complexity index is 658. The second-order valence-electron chi connectivity index (χ2n) is 5.22. The molecule has 0 aromatic heterocycles. The van der Waals surface area contributed by atoms with Gasteiger partial charge in [-0.2, -0.15) is 0 Å². The van der Waals surface area contributed by atoms with Gasteiger partial charge in [-0.3, -0.25) is 9.36 Å². The van der Waals surface area contributed by atoms with Crippen molar-refractivity contribution in [2.45, 2.75) is 29.8 Å². The summed E-state index contributed by atoms with van der Waals surface area (Å²) in [5, 5.41) is 2.33. The lowest BCUT2D eigenvalue weighted by Gasteiger charge is -2.26. The smallest absolute Gasteiger partial charge is 0.408 e. The lowest BCUT2D eigenvalue weighted by atomic mass is 10.1. The molecular formula is C16H21Cl3NO6P. The topological polar surface area (TPSA) is 90.9 Å². The van der Waals surface area contributed by atoms with Crippen LogP contribution in [0.3, 0.4) is 0 Å². The highest BCUT2D eigenvalue weighted by Crippen LogP contribution is 2.53. The van der Waals surface area contributed by atoms with Gasteiger partial charge >= 0.3 is 13.7 Å². The number of ether oxygens (including phenoxy) is 1. The molecule has 0 saturated carbocycles. The van der Waals surface area contributed by atoms with Crippen molar-refractivity contribution in [2.24, 2.45) is 0 Å². The summed E-state index contributed by atoms with van der Waals surface area (Å²) in [5.41, 5.74) is 0.388. The predicted molar refractivity (Wildman–Crippen MR) is 105 cm³/mol. The molecule has 0 saturated heterocycles. The van der Waals surface area contributed by atoms with Gasteiger partial charge in [0.15, 0.2) is 5.78 Å². The van der Waals surface area contributed by atoms with Crippen LogP contribution in [0.2, 0.25) is 0 Å². The van der Waals surface area contributed by atoms with E-state index in [-0.39, 0.29) is 25.4 Å². The Morgan fingerprint density at radius 2 is 1.67 bits per heavy atom. The van der Waals surface area contributed by atoms with Crippen LogP contribution in [-0.4, -0.2) is 41.3 Å². The predicted octanol–water partition coefficient (Wildman–Crippen LogP) is 4.95. The molecular weight excluding hydrogens is 440 g/mol. The number of hydrogen-bond donors (Lipinski definition) is 1. The summed E-state index contributed by atoms with van der Waals surface area (Å²) in [6.07, 6.45) is -1.35. The van der Waals surface area contributed by atoms with Crippen molar-refractivity contribution in [3.8, 4) is 0 Å². The maximum Gasteiger partial charge on any atom is 0.408 e. The Morgan fingerprint density at radius 3 is 2.15 bits per heavy atom. The summed E-state index contributed by atoms with van der Waals surface area (Å²) >= 11 is 16.6. The standard InChI is InChI=1S/C16H21Cl3NO6P/c1-3-25-27(23,26-4-2)14(20-15(22)24-11-16(17,18)19)10-13(21)12-8-6-5-7-9-12/h5-9,14H,3-4,10-11H2,1-2H3,(H,20,22)/t14-/m0/s1. The molecule has 0 fully saturated rings. The molecule has 1 aromatic rings. The number of benzene rings is 1. The van der Waals surface area contributed by atoms with E-state index in [1.54, 1.807) is 44.2 Å². The second kappa shape index (κ2) is 11.2. The molecule has 1 amide bonds. The summed E-state index contributed by atoms with van der Waals surface area (Å²) in [4.78, 5) is 24.5. The summed E-state index contributed by atoms with van der Waals surface area (Å²) in [6.45, 7) is 2.80. The molecule has 0 bridgehead atoms. The van der Waals surface area contributed by atoms with Gasteiger partial charge in [0.05, 0.1) is 13.2 Å². The van der Waals surface area contributed by atoms with Crippen molar-refractivity contribution < 1.29 is 27.9 Å².